The van der Waals surface area contributed by atoms with Crippen LogP contribution in [0.5, 0.6) is 0 Å². The van der Waals surface area contributed by atoms with Gasteiger partial charge in [-0.15, -0.1) is 0 Å². The van der Waals surface area contributed by atoms with E-state index >= 15 is 0 Å². The van der Waals surface area contributed by atoms with Gasteiger partial charge in [0, 0.05) is 6.54 Å². The summed E-state index contributed by atoms with van der Waals surface area (Å²) in [5, 5.41) is 4.67. The van der Waals surface area contributed by atoms with Crippen molar-refractivity contribution in [1.29, 1.82) is 0 Å². The second kappa shape index (κ2) is 6.97. The molecule has 0 aromatic rings. The fourth-order valence-corrected chi connectivity index (χ4v) is 0.668. The van der Waals surface area contributed by atoms with Crippen molar-refractivity contribution in [2.45, 2.75) is 19.8 Å². The standard InChI is InChI=1S/C7H14N2O2S/c1-2-3-4-8-7(11)9-6(10)5-12/h12H,2-5H2,1H3,(H2,8,9,10,11). The molecule has 0 atom stereocenters. The first kappa shape index (κ1) is 11.3. The number of thiol groups is 1. The SMILES string of the molecule is CCCCNC(=O)NC(=O)CS. The number of imide groups is 1. The van der Waals surface area contributed by atoms with Gasteiger partial charge in [0.15, 0.2) is 0 Å². The molecule has 70 valence electrons. The summed E-state index contributed by atoms with van der Waals surface area (Å²) in [6.45, 7) is 2.63. The molecule has 0 rings (SSSR count). The molecule has 5 heteroatoms. The molecule has 0 saturated carbocycles. The fourth-order valence-electron chi connectivity index (χ4n) is 0.589. The highest BCUT2D eigenvalue weighted by Crippen LogP contribution is 1.82. The van der Waals surface area contributed by atoms with Gasteiger partial charge in [0.05, 0.1) is 5.75 Å². The third-order valence-electron chi connectivity index (χ3n) is 1.21. The molecule has 2 N–H and O–H groups in total. The molecule has 0 unspecified atom stereocenters. The average molecular weight is 190 g/mol. The van der Waals surface area contributed by atoms with Gasteiger partial charge in [-0.3, -0.25) is 10.1 Å². The lowest BCUT2D eigenvalue weighted by Gasteiger charge is -2.03. The maximum atomic E-state index is 10.8. The molecule has 0 aliphatic rings. The summed E-state index contributed by atoms with van der Waals surface area (Å²) in [5.74, 6) is -0.353. The van der Waals surface area contributed by atoms with E-state index in [4.69, 9.17) is 0 Å². The molecule has 0 aromatic heterocycles. The van der Waals surface area contributed by atoms with E-state index in [0.29, 0.717) is 6.54 Å². The van der Waals surface area contributed by atoms with E-state index in [0.717, 1.165) is 12.8 Å². The smallest absolute Gasteiger partial charge is 0.321 e. The van der Waals surface area contributed by atoms with Gasteiger partial charge in [0.1, 0.15) is 0 Å². The second-order valence-electron chi connectivity index (χ2n) is 2.32. The van der Waals surface area contributed by atoms with Gasteiger partial charge in [-0.05, 0) is 6.42 Å². The minimum atomic E-state index is -0.442. The van der Waals surface area contributed by atoms with Crippen molar-refractivity contribution in [3.63, 3.8) is 0 Å². The molecule has 4 nitrogen and oxygen atoms in total. The van der Waals surface area contributed by atoms with Gasteiger partial charge in [-0.25, -0.2) is 4.79 Å². The topological polar surface area (TPSA) is 58.2 Å². The van der Waals surface area contributed by atoms with Gasteiger partial charge in [-0.2, -0.15) is 12.6 Å². The zero-order chi connectivity index (χ0) is 9.40. The normalized spacial score (nSPS) is 9.17. The summed E-state index contributed by atoms with van der Waals surface area (Å²) in [4.78, 5) is 21.4. The molecule has 0 spiro atoms. The lowest BCUT2D eigenvalue weighted by molar-refractivity contribution is -0.117. The van der Waals surface area contributed by atoms with Crippen molar-refractivity contribution in [2.75, 3.05) is 12.3 Å². The molecule has 0 heterocycles. The first-order chi connectivity index (χ1) is 5.70. The highest BCUT2D eigenvalue weighted by molar-refractivity contribution is 7.81. The molecule has 0 saturated heterocycles. The van der Waals surface area contributed by atoms with Crippen LogP contribution in [0.25, 0.3) is 0 Å². The van der Waals surface area contributed by atoms with Crippen molar-refractivity contribution >= 4 is 24.6 Å². The fraction of sp³-hybridized carbons (Fsp3) is 0.714. The lowest BCUT2D eigenvalue weighted by atomic mass is 10.3. The van der Waals surface area contributed by atoms with Crippen molar-refractivity contribution in [2.24, 2.45) is 0 Å². The van der Waals surface area contributed by atoms with Crippen LogP contribution >= 0.6 is 12.6 Å². The minimum Gasteiger partial charge on any atom is -0.338 e. The molecule has 0 aliphatic heterocycles. The van der Waals surface area contributed by atoms with Crippen LogP contribution < -0.4 is 10.6 Å². The molecule has 0 aromatic carbocycles. The van der Waals surface area contributed by atoms with E-state index in [1.54, 1.807) is 0 Å². The Hall–Kier alpha value is -0.710. The van der Waals surface area contributed by atoms with Crippen molar-refractivity contribution < 1.29 is 9.59 Å². The van der Waals surface area contributed by atoms with Crippen LogP contribution in [0.2, 0.25) is 0 Å². The predicted molar refractivity (Wildman–Crippen MR) is 50.3 cm³/mol. The Balaban J connectivity index is 3.40. The van der Waals surface area contributed by atoms with E-state index in [1.165, 1.54) is 0 Å². The zero-order valence-corrected chi connectivity index (χ0v) is 7.99. The lowest BCUT2D eigenvalue weighted by Crippen LogP contribution is -2.40. The third-order valence-corrected chi connectivity index (χ3v) is 1.50. The van der Waals surface area contributed by atoms with Crippen LogP contribution in [0.1, 0.15) is 19.8 Å². The Morgan fingerprint density at radius 2 is 2.08 bits per heavy atom. The summed E-state index contributed by atoms with van der Waals surface area (Å²) in [7, 11) is 0. The maximum Gasteiger partial charge on any atom is 0.321 e. The number of unbranched alkanes of at least 4 members (excludes halogenated alkanes) is 1. The largest absolute Gasteiger partial charge is 0.338 e. The van der Waals surface area contributed by atoms with E-state index in [1.807, 2.05) is 6.92 Å². The molecule has 0 fully saturated rings. The van der Waals surface area contributed by atoms with Crippen molar-refractivity contribution in [3.8, 4) is 0 Å². The first-order valence-electron chi connectivity index (χ1n) is 3.89. The number of urea groups is 1. The molecule has 0 bridgehead atoms. The van der Waals surface area contributed by atoms with Crippen LogP contribution in [-0.2, 0) is 4.79 Å². The summed E-state index contributed by atoms with van der Waals surface area (Å²) in [6, 6.07) is -0.442. The van der Waals surface area contributed by atoms with Crippen LogP contribution in [0.4, 0.5) is 4.79 Å². The van der Waals surface area contributed by atoms with E-state index in [2.05, 4.69) is 23.3 Å². The van der Waals surface area contributed by atoms with Crippen LogP contribution in [-0.4, -0.2) is 24.2 Å². The van der Waals surface area contributed by atoms with Crippen LogP contribution in [0.3, 0.4) is 0 Å². The van der Waals surface area contributed by atoms with E-state index < -0.39 is 6.03 Å². The monoisotopic (exact) mass is 190 g/mol. The third kappa shape index (κ3) is 6.03. The molecule has 0 aliphatic carbocycles. The Morgan fingerprint density at radius 1 is 1.42 bits per heavy atom. The number of carbonyl (C=O) groups excluding carboxylic acids is 2. The molecule has 3 amide bonds. The maximum absolute atomic E-state index is 10.8. The number of hydrogen-bond acceptors (Lipinski definition) is 3. The van der Waals surface area contributed by atoms with Crippen LogP contribution in [0.15, 0.2) is 0 Å². The highest BCUT2D eigenvalue weighted by atomic mass is 32.1. The van der Waals surface area contributed by atoms with Crippen molar-refractivity contribution in [1.82, 2.24) is 10.6 Å². The van der Waals surface area contributed by atoms with Gasteiger partial charge in [-0.1, -0.05) is 13.3 Å². The molecular weight excluding hydrogens is 176 g/mol. The van der Waals surface area contributed by atoms with E-state index in [9.17, 15) is 9.59 Å². The summed E-state index contributed by atoms with van der Waals surface area (Å²) < 4.78 is 0. The average Bonchev–Trinajstić information content (AvgIpc) is 2.05. The molecule has 12 heavy (non-hydrogen) atoms. The Morgan fingerprint density at radius 3 is 2.58 bits per heavy atom. The Bertz CT molecular complexity index is 161. The number of hydrogen-bond donors (Lipinski definition) is 3. The number of rotatable bonds is 4. The summed E-state index contributed by atoms with van der Waals surface area (Å²) in [5.41, 5.74) is 0. The number of amides is 3. The van der Waals surface area contributed by atoms with Gasteiger partial charge < -0.3 is 5.32 Å². The first-order valence-corrected chi connectivity index (χ1v) is 4.52. The number of nitrogens with one attached hydrogen (secondary N) is 2. The predicted octanol–water partition coefficient (Wildman–Crippen LogP) is 0.542. The van der Waals surface area contributed by atoms with Crippen LogP contribution in [0, 0.1) is 0 Å². The van der Waals surface area contributed by atoms with E-state index in [-0.39, 0.29) is 11.7 Å². The molecule has 0 radical (unpaired) electrons. The minimum absolute atomic E-state index is 0.0290. The second-order valence-corrected chi connectivity index (χ2v) is 2.63. The van der Waals surface area contributed by atoms with Crippen molar-refractivity contribution in [3.05, 3.63) is 0 Å². The quantitative estimate of drug-likeness (QED) is 0.447. The van der Waals surface area contributed by atoms with Gasteiger partial charge in [0.2, 0.25) is 5.91 Å². The summed E-state index contributed by atoms with van der Waals surface area (Å²) in [6.07, 6.45) is 1.93. The van der Waals surface area contributed by atoms with Gasteiger partial charge >= 0.3 is 6.03 Å². The number of carbonyl (C=O) groups is 2. The Kier molecular flexibility index (Phi) is 6.55. The summed E-state index contributed by atoms with van der Waals surface area (Å²) >= 11 is 3.71. The molecular formula is C7H14N2O2S. The van der Waals surface area contributed by atoms with Gasteiger partial charge in [0.25, 0.3) is 0 Å². The Labute approximate surface area is 77.5 Å². The highest BCUT2D eigenvalue weighted by Gasteiger charge is 2.03. The zero-order valence-electron chi connectivity index (χ0n) is 7.09.